The van der Waals surface area contributed by atoms with Crippen molar-refractivity contribution in [2.24, 2.45) is 5.92 Å². The van der Waals surface area contributed by atoms with E-state index in [1.807, 2.05) is 18.5 Å². The number of nitrogens with zero attached hydrogens (tertiary/aromatic N) is 4. The summed E-state index contributed by atoms with van der Waals surface area (Å²) >= 11 is 0. The number of likely N-dealkylation sites (tertiary alicyclic amines) is 1. The summed E-state index contributed by atoms with van der Waals surface area (Å²) in [4.78, 5) is 13.5. The molecule has 1 aromatic rings. The molecule has 0 N–H and O–H groups in total. The van der Waals surface area contributed by atoms with Gasteiger partial charge in [-0.1, -0.05) is 6.42 Å². The standard InChI is InChI=1S/C17H26N4O/c1-2-9-20(10-3-1)11-15-5-6-17(22-12-15)13-21(14-17)16-18-7-4-8-19-16/h4,7-8,15H,1-3,5-6,9-14H2/t15-/m0/s1. The van der Waals surface area contributed by atoms with Gasteiger partial charge < -0.3 is 14.5 Å². The maximum atomic E-state index is 6.28. The van der Waals surface area contributed by atoms with Crippen molar-refractivity contribution in [2.45, 2.75) is 37.7 Å². The Bertz CT molecular complexity index is 473. The van der Waals surface area contributed by atoms with Gasteiger partial charge in [0.1, 0.15) is 5.60 Å². The monoisotopic (exact) mass is 302 g/mol. The first-order chi connectivity index (χ1) is 10.8. The number of hydrogen-bond acceptors (Lipinski definition) is 5. The Morgan fingerprint density at radius 3 is 2.59 bits per heavy atom. The highest BCUT2D eigenvalue weighted by Crippen LogP contribution is 2.37. The summed E-state index contributed by atoms with van der Waals surface area (Å²) in [6.07, 6.45) is 10.3. The molecule has 3 fully saturated rings. The topological polar surface area (TPSA) is 41.5 Å². The van der Waals surface area contributed by atoms with E-state index >= 15 is 0 Å². The van der Waals surface area contributed by atoms with Gasteiger partial charge in [-0.3, -0.25) is 0 Å². The summed E-state index contributed by atoms with van der Waals surface area (Å²) in [6.45, 7) is 6.66. The quantitative estimate of drug-likeness (QED) is 0.853. The summed E-state index contributed by atoms with van der Waals surface area (Å²) in [5, 5.41) is 0. The minimum atomic E-state index is 0.0810. The van der Waals surface area contributed by atoms with Gasteiger partial charge in [-0.05, 0) is 50.8 Å². The van der Waals surface area contributed by atoms with Crippen LogP contribution in [0.2, 0.25) is 0 Å². The molecule has 0 radical (unpaired) electrons. The zero-order chi connectivity index (χ0) is 14.8. The zero-order valence-electron chi connectivity index (χ0n) is 13.3. The third kappa shape index (κ3) is 2.97. The van der Waals surface area contributed by atoms with Crippen LogP contribution < -0.4 is 4.90 Å². The smallest absolute Gasteiger partial charge is 0.225 e. The predicted molar refractivity (Wildman–Crippen MR) is 85.9 cm³/mol. The average molecular weight is 302 g/mol. The highest BCUT2D eigenvalue weighted by Gasteiger charge is 2.47. The van der Waals surface area contributed by atoms with Crippen molar-refractivity contribution in [2.75, 3.05) is 44.2 Å². The molecule has 0 amide bonds. The summed E-state index contributed by atoms with van der Waals surface area (Å²) in [6, 6.07) is 1.86. The van der Waals surface area contributed by atoms with Crippen molar-refractivity contribution in [3.8, 4) is 0 Å². The van der Waals surface area contributed by atoms with Crippen LogP contribution in [0.1, 0.15) is 32.1 Å². The molecule has 22 heavy (non-hydrogen) atoms. The van der Waals surface area contributed by atoms with E-state index in [0.29, 0.717) is 0 Å². The third-order valence-electron chi connectivity index (χ3n) is 5.39. The first-order valence-corrected chi connectivity index (χ1v) is 8.71. The summed E-state index contributed by atoms with van der Waals surface area (Å²) < 4.78 is 6.28. The van der Waals surface area contributed by atoms with E-state index in [1.54, 1.807) is 0 Å². The van der Waals surface area contributed by atoms with Crippen molar-refractivity contribution in [1.82, 2.24) is 14.9 Å². The number of ether oxygens (including phenoxy) is 1. The van der Waals surface area contributed by atoms with Crippen LogP contribution in [-0.2, 0) is 4.74 Å². The number of anilines is 1. The molecule has 4 heterocycles. The van der Waals surface area contributed by atoms with Crippen molar-refractivity contribution in [3.63, 3.8) is 0 Å². The molecular weight excluding hydrogens is 276 g/mol. The van der Waals surface area contributed by atoms with Gasteiger partial charge in [-0.25, -0.2) is 9.97 Å². The average Bonchev–Trinajstić information content (AvgIpc) is 2.55. The molecule has 3 aliphatic heterocycles. The minimum Gasteiger partial charge on any atom is -0.371 e. The molecule has 0 aromatic carbocycles. The fourth-order valence-electron chi connectivity index (χ4n) is 4.06. The number of aromatic nitrogens is 2. The normalized spacial score (nSPS) is 28.5. The lowest BCUT2D eigenvalue weighted by Gasteiger charge is -2.53. The molecule has 0 aliphatic carbocycles. The van der Waals surface area contributed by atoms with Crippen LogP contribution in [0.25, 0.3) is 0 Å². The van der Waals surface area contributed by atoms with Gasteiger partial charge in [0, 0.05) is 18.9 Å². The predicted octanol–water partition coefficient (Wildman–Crippen LogP) is 1.95. The lowest BCUT2D eigenvalue weighted by molar-refractivity contribution is -0.120. The lowest BCUT2D eigenvalue weighted by Crippen LogP contribution is -2.65. The maximum absolute atomic E-state index is 6.28. The molecule has 5 nitrogen and oxygen atoms in total. The maximum Gasteiger partial charge on any atom is 0.225 e. The fourth-order valence-corrected chi connectivity index (χ4v) is 4.06. The summed E-state index contributed by atoms with van der Waals surface area (Å²) in [5.41, 5.74) is 0.0810. The highest BCUT2D eigenvalue weighted by atomic mass is 16.5. The summed E-state index contributed by atoms with van der Waals surface area (Å²) in [7, 11) is 0. The number of hydrogen-bond donors (Lipinski definition) is 0. The number of piperidine rings is 1. The van der Waals surface area contributed by atoms with Gasteiger partial charge in [0.2, 0.25) is 5.95 Å². The van der Waals surface area contributed by atoms with Crippen LogP contribution in [-0.4, -0.2) is 59.8 Å². The van der Waals surface area contributed by atoms with Crippen LogP contribution >= 0.6 is 0 Å². The van der Waals surface area contributed by atoms with E-state index < -0.39 is 0 Å². The Hall–Kier alpha value is -1.20. The molecule has 1 atom stereocenters. The zero-order valence-corrected chi connectivity index (χ0v) is 13.3. The van der Waals surface area contributed by atoms with E-state index in [-0.39, 0.29) is 5.60 Å². The van der Waals surface area contributed by atoms with Crippen LogP contribution in [0, 0.1) is 5.92 Å². The van der Waals surface area contributed by atoms with Gasteiger partial charge in [0.05, 0.1) is 19.7 Å². The second-order valence-electron chi connectivity index (χ2n) is 7.16. The molecule has 3 aliphatic rings. The Labute approximate surface area is 132 Å². The third-order valence-corrected chi connectivity index (χ3v) is 5.39. The van der Waals surface area contributed by atoms with Gasteiger partial charge in [-0.15, -0.1) is 0 Å². The van der Waals surface area contributed by atoms with Crippen molar-refractivity contribution >= 4 is 5.95 Å². The molecule has 1 aromatic heterocycles. The first kappa shape index (κ1) is 14.4. The Balaban J connectivity index is 1.25. The van der Waals surface area contributed by atoms with Gasteiger partial charge in [-0.2, -0.15) is 0 Å². The second kappa shape index (κ2) is 6.13. The first-order valence-electron chi connectivity index (χ1n) is 8.71. The molecule has 0 unspecified atom stereocenters. The van der Waals surface area contributed by atoms with Crippen molar-refractivity contribution in [3.05, 3.63) is 18.5 Å². The van der Waals surface area contributed by atoms with Gasteiger partial charge >= 0.3 is 0 Å². The van der Waals surface area contributed by atoms with E-state index in [2.05, 4.69) is 19.8 Å². The summed E-state index contributed by atoms with van der Waals surface area (Å²) in [5.74, 6) is 1.57. The van der Waals surface area contributed by atoms with Crippen LogP contribution in [0.3, 0.4) is 0 Å². The van der Waals surface area contributed by atoms with E-state index in [9.17, 15) is 0 Å². The van der Waals surface area contributed by atoms with E-state index in [0.717, 1.165) is 31.6 Å². The Kier molecular flexibility index (Phi) is 4.01. The molecule has 4 rings (SSSR count). The Morgan fingerprint density at radius 2 is 1.91 bits per heavy atom. The van der Waals surface area contributed by atoms with E-state index in [4.69, 9.17) is 4.74 Å². The number of rotatable bonds is 3. The van der Waals surface area contributed by atoms with Gasteiger partial charge in [0.25, 0.3) is 0 Å². The minimum absolute atomic E-state index is 0.0810. The van der Waals surface area contributed by atoms with Crippen LogP contribution in [0.4, 0.5) is 5.95 Å². The largest absolute Gasteiger partial charge is 0.371 e. The van der Waals surface area contributed by atoms with Crippen molar-refractivity contribution < 1.29 is 4.74 Å². The van der Waals surface area contributed by atoms with Gasteiger partial charge in [0.15, 0.2) is 0 Å². The molecule has 0 saturated carbocycles. The molecular formula is C17H26N4O. The van der Waals surface area contributed by atoms with E-state index in [1.165, 1.54) is 51.7 Å². The van der Waals surface area contributed by atoms with Crippen LogP contribution in [0.5, 0.6) is 0 Å². The fraction of sp³-hybridized carbons (Fsp3) is 0.765. The molecule has 0 bridgehead atoms. The lowest BCUT2D eigenvalue weighted by atomic mass is 9.83. The highest BCUT2D eigenvalue weighted by molar-refractivity contribution is 5.36. The molecule has 120 valence electrons. The SMILES string of the molecule is c1cnc(N2CC3(CC[C@@H](CN4CCCCC4)CO3)C2)nc1. The van der Waals surface area contributed by atoms with Crippen LogP contribution in [0.15, 0.2) is 18.5 Å². The molecule has 3 saturated heterocycles. The Morgan fingerprint density at radius 1 is 1.14 bits per heavy atom. The molecule has 1 spiro atoms. The van der Waals surface area contributed by atoms with Crippen molar-refractivity contribution in [1.29, 1.82) is 0 Å². The second-order valence-corrected chi connectivity index (χ2v) is 7.16. The molecule has 5 heteroatoms.